The zero-order valence-electron chi connectivity index (χ0n) is 17.0. The van der Waals surface area contributed by atoms with E-state index in [4.69, 9.17) is 4.74 Å². The van der Waals surface area contributed by atoms with E-state index in [0.29, 0.717) is 26.1 Å². The normalized spacial score (nSPS) is 15.5. The number of hydrogen-bond donors (Lipinski definition) is 1. The number of aromatic nitrogens is 3. The maximum absolute atomic E-state index is 15.0. The summed E-state index contributed by atoms with van der Waals surface area (Å²) in [5, 5.41) is 13.5. The number of halogens is 6. The average Bonchev–Trinajstić information content (AvgIpc) is 3.06. The van der Waals surface area contributed by atoms with Crippen LogP contribution in [0, 0.1) is 17.5 Å². The maximum Gasteiger partial charge on any atom is 0.419 e. The van der Waals surface area contributed by atoms with Crippen LogP contribution in [0.1, 0.15) is 18.4 Å². The van der Waals surface area contributed by atoms with Crippen LogP contribution in [-0.2, 0) is 18.0 Å². The molecule has 0 atom stereocenters. The zero-order valence-corrected chi connectivity index (χ0v) is 17.0. The van der Waals surface area contributed by atoms with Crippen LogP contribution in [-0.4, -0.2) is 46.2 Å². The fraction of sp³-hybridized carbons (Fsp3) is 0.400. The molecule has 0 unspecified atom stereocenters. The monoisotopic (exact) mass is 460 g/mol. The van der Waals surface area contributed by atoms with Crippen LogP contribution in [0.5, 0.6) is 5.75 Å². The number of anilines is 1. The molecule has 0 amide bonds. The van der Waals surface area contributed by atoms with Gasteiger partial charge in [-0.05, 0) is 25.0 Å². The molecule has 0 saturated carbocycles. The number of ether oxygens (including phenoxy) is 1. The number of nitrogens with zero attached hydrogens (tertiary/aromatic N) is 4. The van der Waals surface area contributed by atoms with Gasteiger partial charge in [-0.25, -0.2) is 22.8 Å². The standard InChI is InChI=1S/C20H18F6N4O2/c1-29(9-3-5-32-6-4-9)19-13(21)8-11-16(28-30(2)18(11)27-19)10-7-12(20(24,25)26)15(23)17(31)14(10)22/h7-9,31H,3-6H2,1-2H3. The number of aryl methyl sites for hydroxylation is 1. The second-order valence-corrected chi connectivity index (χ2v) is 7.54. The Labute approximate surface area is 178 Å². The first kappa shape index (κ1) is 22.2. The lowest BCUT2D eigenvalue weighted by atomic mass is 10.0. The number of phenols is 1. The average molecular weight is 460 g/mol. The lowest BCUT2D eigenvalue weighted by Crippen LogP contribution is -2.37. The van der Waals surface area contributed by atoms with E-state index in [0.717, 1.165) is 10.7 Å². The minimum Gasteiger partial charge on any atom is -0.503 e. The van der Waals surface area contributed by atoms with Gasteiger partial charge < -0.3 is 14.7 Å². The zero-order chi connectivity index (χ0) is 23.4. The van der Waals surface area contributed by atoms with Crippen molar-refractivity contribution in [3.05, 3.63) is 35.1 Å². The second-order valence-electron chi connectivity index (χ2n) is 7.54. The molecule has 1 aliphatic rings. The Morgan fingerprint density at radius 2 is 1.78 bits per heavy atom. The van der Waals surface area contributed by atoms with Crippen LogP contribution in [0.3, 0.4) is 0 Å². The third kappa shape index (κ3) is 3.61. The smallest absolute Gasteiger partial charge is 0.419 e. The SMILES string of the molecule is CN(c1nc2c(cc1F)c(-c1cc(C(F)(F)F)c(F)c(O)c1F)nn2C)C1CCOCC1. The predicted octanol–water partition coefficient (Wildman–Crippen LogP) is 4.39. The van der Waals surface area contributed by atoms with Gasteiger partial charge in [0.1, 0.15) is 5.69 Å². The van der Waals surface area contributed by atoms with E-state index >= 15 is 0 Å². The summed E-state index contributed by atoms with van der Waals surface area (Å²) in [6.07, 6.45) is -3.88. The first-order chi connectivity index (χ1) is 15.0. The Morgan fingerprint density at radius 1 is 1.12 bits per heavy atom. The Hall–Kier alpha value is -3.02. The molecule has 1 saturated heterocycles. The molecule has 0 aliphatic carbocycles. The molecule has 1 N–H and O–H groups in total. The van der Waals surface area contributed by atoms with Crippen molar-refractivity contribution in [2.45, 2.75) is 25.1 Å². The van der Waals surface area contributed by atoms with Crippen LogP contribution in [0.15, 0.2) is 12.1 Å². The number of hydrogen-bond acceptors (Lipinski definition) is 5. The summed E-state index contributed by atoms with van der Waals surface area (Å²) >= 11 is 0. The van der Waals surface area contributed by atoms with Gasteiger partial charge in [-0.15, -0.1) is 0 Å². The van der Waals surface area contributed by atoms with Crippen molar-refractivity contribution in [1.82, 2.24) is 14.8 Å². The molecule has 172 valence electrons. The molecule has 1 aromatic carbocycles. The summed E-state index contributed by atoms with van der Waals surface area (Å²) < 4.78 is 89.4. The number of phenolic OH excluding ortho intramolecular Hbond substituents is 1. The first-order valence-electron chi connectivity index (χ1n) is 9.63. The van der Waals surface area contributed by atoms with Gasteiger partial charge in [-0.3, -0.25) is 0 Å². The van der Waals surface area contributed by atoms with E-state index in [-0.39, 0.29) is 29.0 Å². The van der Waals surface area contributed by atoms with Crippen molar-refractivity contribution in [2.24, 2.45) is 7.05 Å². The molecule has 0 radical (unpaired) electrons. The Balaban J connectivity index is 1.88. The molecule has 1 fully saturated rings. The van der Waals surface area contributed by atoms with Gasteiger partial charge in [0.05, 0.1) is 10.9 Å². The van der Waals surface area contributed by atoms with E-state index in [2.05, 4.69) is 10.1 Å². The van der Waals surface area contributed by atoms with Crippen molar-refractivity contribution in [3.8, 4) is 17.0 Å². The number of benzene rings is 1. The summed E-state index contributed by atoms with van der Waals surface area (Å²) in [5.41, 5.74) is -3.03. The number of alkyl halides is 3. The summed E-state index contributed by atoms with van der Waals surface area (Å²) in [4.78, 5) is 5.91. The lowest BCUT2D eigenvalue weighted by molar-refractivity contribution is -0.140. The molecule has 3 heterocycles. The number of rotatable bonds is 3. The molecule has 4 rings (SSSR count). The number of pyridine rings is 1. The van der Waals surface area contributed by atoms with Gasteiger partial charge in [0.25, 0.3) is 0 Å². The molecule has 1 aliphatic heterocycles. The topological polar surface area (TPSA) is 63.4 Å². The van der Waals surface area contributed by atoms with Crippen LogP contribution < -0.4 is 4.90 Å². The largest absolute Gasteiger partial charge is 0.503 e. The highest BCUT2D eigenvalue weighted by molar-refractivity contribution is 5.92. The van der Waals surface area contributed by atoms with Crippen molar-refractivity contribution in [1.29, 1.82) is 0 Å². The van der Waals surface area contributed by atoms with Crippen LogP contribution >= 0.6 is 0 Å². The quantitative estimate of drug-likeness (QED) is 0.588. The highest BCUT2D eigenvalue weighted by Crippen LogP contribution is 2.42. The van der Waals surface area contributed by atoms with E-state index in [1.165, 1.54) is 7.05 Å². The fourth-order valence-corrected chi connectivity index (χ4v) is 3.83. The molecule has 0 bridgehead atoms. The van der Waals surface area contributed by atoms with Crippen LogP contribution in [0.4, 0.5) is 32.2 Å². The van der Waals surface area contributed by atoms with Crippen molar-refractivity contribution in [3.63, 3.8) is 0 Å². The summed E-state index contributed by atoms with van der Waals surface area (Å²) in [6, 6.07) is 1.16. The van der Waals surface area contributed by atoms with Gasteiger partial charge in [0.15, 0.2) is 34.7 Å². The first-order valence-corrected chi connectivity index (χ1v) is 9.63. The van der Waals surface area contributed by atoms with Gasteiger partial charge in [0.2, 0.25) is 0 Å². The van der Waals surface area contributed by atoms with Crippen molar-refractivity contribution >= 4 is 16.9 Å². The van der Waals surface area contributed by atoms with E-state index in [1.54, 1.807) is 11.9 Å². The van der Waals surface area contributed by atoms with Crippen molar-refractivity contribution < 1.29 is 36.2 Å². The maximum atomic E-state index is 15.0. The van der Waals surface area contributed by atoms with Crippen molar-refractivity contribution in [2.75, 3.05) is 25.2 Å². The van der Waals surface area contributed by atoms with Gasteiger partial charge in [-0.1, -0.05) is 0 Å². The highest BCUT2D eigenvalue weighted by atomic mass is 19.4. The summed E-state index contributed by atoms with van der Waals surface area (Å²) in [5.74, 6) is -6.36. The van der Waals surface area contributed by atoms with Gasteiger partial charge in [-0.2, -0.15) is 18.3 Å². The van der Waals surface area contributed by atoms with E-state index in [9.17, 15) is 31.4 Å². The summed E-state index contributed by atoms with van der Waals surface area (Å²) in [6.45, 7) is 1.03. The van der Waals surface area contributed by atoms with E-state index < -0.39 is 46.2 Å². The predicted molar refractivity (Wildman–Crippen MR) is 103 cm³/mol. The highest BCUT2D eigenvalue weighted by Gasteiger charge is 2.38. The Morgan fingerprint density at radius 3 is 2.41 bits per heavy atom. The molecule has 3 aromatic rings. The Kier molecular flexibility index (Phi) is 5.43. The molecule has 6 nitrogen and oxygen atoms in total. The molecule has 2 aromatic heterocycles. The number of fused-ring (bicyclic) bond motifs is 1. The third-order valence-electron chi connectivity index (χ3n) is 5.56. The molecule has 32 heavy (non-hydrogen) atoms. The van der Waals surface area contributed by atoms with Crippen LogP contribution in [0.2, 0.25) is 0 Å². The van der Waals surface area contributed by atoms with Gasteiger partial charge in [0, 0.05) is 38.9 Å². The molecular formula is C20H18F6N4O2. The molecule has 12 heteroatoms. The fourth-order valence-electron chi connectivity index (χ4n) is 3.83. The van der Waals surface area contributed by atoms with Gasteiger partial charge >= 0.3 is 6.18 Å². The number of aromatic hydroxyl groups is 1. The Bertz CT molecular complexity index is 1190. The lowest BCUT2D eigenvalue weighted by Gasteiger charge is -2.32. The van der Waals surface area contributed by atoms with E-state index in [1.807, 2.05) is 0 Å². The molecule has 0 spiro atoms. The minimum absolute atomic E-state index is 0.00245. The second kappa shape index (κ2) is 7.84. The third-order valence-corrected chi connectivity index (χ3v) is 5.56. The molecular weight excluding hydrogens is 442 g/mol. The van der Waals surface area contributed by atoms with Crippen LogP contribution in [0.25, 0.3) is 22.3 Å². The minimum atomic E-state index is -5.20. The summed E-state index contributed by atoms with van der Waals surface area (Å²) in [7, 11) is 3.07.